The van der Waals surface area contributed by atoms with Crippen molar-refractivity contribution >= 4 is 28.3 Å². The number of nitrogens with one attached hydrogen (secondary N) is 2. The number of fused-ring (bicyclic) bond motifs is 1. The van der Waals surface area contributed by atoms with E-state index in [0.717, 1.165) is 0 Å². The molecule has 0 aliphatic carbocycles. The van der Waals surface area contributed by atoms with Crippen molar-refractivity contribution in [2.75, 3.05) is 32.1 Å². The van der Waals surface area contributed by atoms with Crippen LogP contribution in [0.3, 0.4) is 0 Å². The fraction of sp³-hybridized carbons (Fsp3) is 0.364. The number of carbonyl (C=O) groups is 1. The van der Waals surface area contributed by atoms with Gasteiger partial charge in [0.1, 0.15) is 0 Å². The van der Waals surface area contributed by atoms with Crippen LogP contribution in [-0.4, -0.2) is 48.0 Å². The molecule has 2 rings (SSSR count). The minimum Gasteiger partial charge on any atom is -0.383 e. The molecular formula is C11H13N5O5. The van der Waals surface area contributed by atoms with Crippen molar-refractivity contribution in [3.05, 3.63) is 22.2 Å². The van der Waals surface area contributed by atoms with E-state index in [-0.39, 0.29) is 29.2 Å². The van der Waals surface area contributed by atoms with Crippen LogP contribution >= 0.6 is 0 Å². The Kier molecular flexibility index (Phi) is 4.61. The van der Waals surface area contributed by atoms with Crippen LogP contribution in [0.1, 0.15) is 0 Å². The predicted molar refractivity (Wildman–Crippen MR) is 71.8 cm³/mol. The Hall–Kier alpha value is -2.75. The van der Waals surface area contributed by atoms with Gasteiger partial charge >= 0.3 is 5.69 Å². The highest BCUT2D eigenvalue weighted by atomic mass is 16.6. The molecule has 0 radical (unpaired) electrons. The molecule has 1 amide bonds. The maximum Gasteiger partial charge on any atom is 0.300 e. The number of nitrogens with zero attached hydrogens (tertiary/aromatic N) is 3. The Morgan fingerprint density at radius 1 is 1.43 bits per heavy atom. The number of benzene rings is 1. The van der Waals surface area contributed by atoms with Crippen molar-refractivity contribution in [1.29, 1.82) is 0 Å². The lowest BCUT2D eigenvalue weighted by Gasteiger charge is -2.07. The third-order valence-corrected chi connectivity index (χ3v) is 2.66. The summed E-state index contributed by atoms with van der Waals surface area (Å²) in [5, 5.41) is 23.4. The fourth-order valence-electron chi connectivity index (χ4n) is 1.67. The minimum absolute atomic E-state index is 0.0104. The second-order valence-electron chi connectivity index (χ2n) is 4.05. The molecule has 0 spiro atoms. The Labute approximate surface area is 118 Å². The van der Waals surface area contributed by atoms with Gasteiger partial charge in [0.15, 0.2) is 5.52 Å². The van der Waals surface area contributed by atoms with Crippen LogP contribution in [0, 0.1) is 10.1 Å². The second-order valence-corrected chi connectivity index (χ2v) is 4.05. The first-order chi connectivity index (χ1) is 10.1. The van der Waals surface area contributed by atoms with Gasteiger partial charge in [-0.2, -0.15) is 0 Å². The summed E-state index contributed by atoms with van der Waals surface area (Å²) < 4.78 is 9.33. The van der Waals surface area contributed by atoms with Crippen molar-refractivity contribution in [3.63, 3.8) is 0 Å². The molecule has 0 saturated heterocycles. The maximum absolute atomic E-state index is 11.5. The number of rotatable bonds is 7. The van der Waals surface area contributed by atoms with Crippen molar-refractivity contribution in [3.8, 4) is 0 Å². The number of anilines is 1. The number of ether oxygens (including phenoxy) is 1. The predicted octanol–water partition coefficient (Wildman–Crippen LogP) is 0.305. The number of methoxy groups -OCH3 is 1. The number of carbonyl (C=O) groups excluding carboxylic acids is 1. The monoisotopic (exact) mass is 295 g/mol. The lowest BCUT2D eigenvalue weighted by Crippen LogP contribution is -2.32. The van der Waals surface area contributed by atoms with Gasteiger partial charge in [-0.3, -0.25) is 14.9 Å². The summed E-state index contributed by atoms with van der Waals surface area (Å²) >= 11 is 0. The van der Waals surface area contributed by atoms with Crippen LogP contribution in [0.25, 0.3) is 11.0 Å². The van der Waals surface area contributed by atoms with Crippen molar-refractivity contribution in [2.24, 2.45) is 0 Å². The number of non-ortho nitro benzene ring substituents is 1. The van der Waals surface area contributed by atoms with Crippen LogP contribution in [0.2, 0.25) is 0 Å². The van der Waals surface area contributed by atoms with E-state index in [9.17, 15) is 14.9 Å². The summed E-state index contributed by atoms with van der Waals surface area (Å²) in [6.07, 6.45) is 0. The van der Waals surface area contributed by atoms with Gasteiger partial charge in [0.05, 0.1) is 23.8 Å². The second kappa shape index (κ2) is 6.61. The topological polar surface area (TPSA) is 132 Å². The molecule has 0 atom stereocenters. The van der Waals surface area contributed by atoms with E-state index in [0.29, 0.717) is 18.8 Å². The zero-order valence-electron chi connectivity index (χ0n) is 11.2. The van der Waals surface area contributed by atoms with Gasteiger partial charge in [0.25, 0.3) is 0 Å². The van der Waals surface area contributed by atoms with E-state index < -0.39 is 4.92 Å². The Morgan fingerprint density at radius 2 is 2.19 bits per heavy atom. The molecule has 1 heterocycles. The highest BCUT2D eigenvalue weighted by Gasteiger charge is 2.19. The molecular weight excluding hydrogens is 282 g/mol. The average molecular weight is 295 g/mol. The lowest BCUT2D eigenvalue weighted by atomic mass is 10.2. The molecule has 112 valence electrons. The van der Waals surface area contributed by atoms with Gasteiger partial charge in [-0.25, -0.2) is 4.63 Å². The van der Waals surface area contributed by atoms with Gasteiger partial charge < -0.3 is 15.4 Å². The smallest absolute Gasteiger partial charge is 0.300 e. The Morgan fingerprint density at radius 3 is 2.90 bits per heavy atom. The molecule has 0 unspecified atom stereocenters. The van der Waals surface area contributed by atoms with Gasteiger partial charge in [-0.1, -0.05) is 0 Å². The fourth-order valence-corrected chi connectivity index (χ4v) is 1.67. The molecule has 10 nitrogen and oxygen atoms in total. The summed E-state index contributed by atoms with van der Waals surface area (Å²) in [5.74, 6) is -0.241. The van der Waals surface area contributed by atoms with Gasteiger partial charge in [-0.15, -0.1) is 0 Å². The van der Waals surface area contributed by atoms with E-state index in [1.54, 1.807) is 0 Å². The van der Waals surface area contributed by atoms with Gasteiger partial charge in [0, 0.05) is 19.7 Å². The van der Waals surface area contributed by atoms with Crippen LogP contribution in [0.15, 0.2) is 16.8 Å². The van der Waals surface area contributed by atoms with E-state index >= 15 is 0 Å². The molecule has 10 heteroatoms. The molecule has 2 aromatic rings. The highest BCUT2D eigenvalue weighted by Crippen LogP contribution is 2.28. The van der Waals surface area contributed by atoms with Crippen LogP contribution in [-0.2, 0) is 9.53 Å². The number of hydrogen-bond acceptors (Lipinski definition) is 8. The summed E-state index contributed by atoms with van der Waals surface area (Å²) in [6, 6.07) is 2.73. The van der Waals surface area contributed by atoms with Gasteiger partial charge in [0.2, 0.25) is 11.4 Å². The van der Waals surface area contributed by atoms with Crippen molar-refractivity contribution < 1.29 is 19.1 Å². The molecule has 0 fully saturated rings. The average Bonchev–Trinajstić information content (AvgIpc) is 2.94. The molecule has 0 aliphatic heterocycles. The zero-order chi connectivity index (χ0) is 15.2. The molecule has 1 aromatic heterocycles. The maximum atomic E-state index is 11.5. The summed E-state index contributed by atoms with van der Waals surface area (Å²) in [4.78, 5) is 21.8. The standard InChI is InChI=1S/C11H13N5O5/c1-20-5-4-12-9(17)6-13-7-2-3-8(16(18)19)11-10(7)14-21-15-11/h2-3,13H,4-6H2,1H3,(H,12,17). The Balaban J connectivity index is 2.06. The number of nitro groups is 1. The zero-order valence-corrected chi connectivity index (χ0v) is 11.2. The van der Waals surface area contributed by atoms with Crippen LogP contribution < -0.4 is 10.6 Å². The summed E-state index contributed by atoms with van der Waals surface area (Å²) in [6.45, 7) is 0.808. The largest absolute Gasteiger partial charge is 0.383 e. The third kappa shape index (κ3) is 3.42. The van der Waals surface area contributed by atoms with Crippen molar-refractivity contribution in [2.45, 2.75) is 0 Å². The Bertz CT molecular complexity index is 655. The van der Waals surface area contributed by atoms with E-state index in [1.807, 2.05) is 0 Å². The third-order valence-electron chi connectivity index (χ3n) is 2.66. The normalized spacial score (nSPS) is 10.5. The van der Waals surface area contributed by atoms with E-state index in [1.165, 1.54) is 19.2 Å². The SMILES string of the molecule is COCCNC(=O)CNc1ccc([N+](=O)[O-])c2nonc12. The molecule has 0 bridgehead atoms. The lowest BCUT2D eigenvalue weighted by molar-refractivity contribution is -0.383. The first kappa shape index (κ1) is 14.7. The van der Waals surface area contributed by atoms with Crippen LogP contribution in [0.5, 0.6) is 0 Å². The quantitative estimate of drug-likeness (QED) is 0.423. The molecule has 1 aromatic carbocycles. The number of nitro benzene ring substituents is 1. The van der Waals surface area contributed by atoms with E-state index in [2.05, 4.69) is 25.6 Å². The summed E-state index contributed by atoms with van der Waals surface area (Å²) in [7, 11) is 1.54. The van der Waals surface area contributed by atoms with Crippen LogP contribution in [0.4, 0.5) is 11.4 Å². The minimum atomic E-state index is -0.576. The molecule has 2 N–H and O–H groups in total. The highest BCUT2D eigenvalue weighted by molar-refractivity contribution is 5.94. The summed E-state index contributed by atoms with van der Waals surface area (Å²) in [5.41, 5.74) is 0.457. The molecule has 0 aliphatic rings. The number of aromatic nitrogens is 2. The first-order valence-corrected chi connectivity index (χ1v) is 6.02. The van der Waals surface area contributed by atoms with Gasteiger partial charge in [-0.05, 0) is 16.4 Å². The van der Waals surface area contributed by atoms with Crippen molar-refractivity contribution in [1.82, 2.24) is 15.6 Å². The molecule has 21 heavy (non-hydrogen) atoms. The molecule has 0 saturated carbocycles. The number of amides is 1. The van der Waals surface area contributed by atoms with E-state index in [4.69, 9.17) is 4.74 Å². The number of hydrogen-bond donors (Lipinski definition) is 2. The first-order valence-electron chi connectivity index (χ1n) is 6.02.